The van der Waals surface area contributed by atoms with Gasteiger partial charge in [0.05, 0.1) is 12.7 Å². The summed E-state index contributed by atoms with van der Waals surface area (Å²) in [5.41, 5.74) is 3.27. The first kappa shape index (κ1) is 15.8. The lowest BCUT2D eigenvalue weighted by molar-refractivity contribution is 0.415. The Hall–Kier alpha value is -2.05. The maximum atomic E-state index is 9.46. The van der Waals surface area contributed by atoms with E-state index < -0.39 is 0 Å². The molecule has 3 nitrogen and oxygen atoms in total. The van der Waals surface area contributed by atoms with Gasteiger partial charge in [0.15, 0.2) is 0 Å². The number of pyridine rings is 1. The van der Waals surface area contributed by atoms with Crippen LogP contribution >= 0.6 is 11.6 Å². The predicted molar refractivity (Wildman–Crippen MR) is 91.8 cm³/mol. The van der Waals surface area contributed by atoms with E-state index in [-0.39, 0.29) is 0 Å². The maximum absolute atomic E-state index is 9.46. The molecule has 2 aromatic rings. The summed E-state index contributed by atoms with van der Waals surface area (Å²) in [6.07, 6.45) is 6.07. The lowest BCUT2D eigenvalue weighted by Crippen LogP contribution is -2.07. The SMILES string of the molecule is COc1ccc(-c2cc(C3CCCCC3)nc(Cl)c2C#N)cc1. The molecule has 4 heteroatoms. The van der Waals surface area contributed by atoms with Gasteiger partial charge in [-0.05, 0) is 36.6 Å². The third-order valence-corrected chi connectivity index (χ3v) is 4.80. The van der Waals surface area contributed by atoms with E-state index in [1.165, 1.54) is 19.3 Å². The number of rotatable bonds is 3. The molecular weight excluding hydrogens is 308 g/mol. The summed E-state index contributed by atoms with van der Waals surface area (Å²) in [7, 11) is 1.64. The number of methoxy groups -OCH3 is 1. The van der Waals surface area contributed by atoms with Crippen LogP contribution in [0.25, 0.3) is 11.1 Å². The van der Waals surface area contributed by atoms with E-state index in [9.17, 15) is 5.26 Å². The van der Waals surface area contributed by atoms with E-state index in [1.807, 2.05) is 30.3 Å². The lowest BCUT2D eigenvalue weighted by Gasteiger charge is -2.22. The summed E-state index contributed by atoms with van der Waals surface area (Å²) in [6.45, 7) is 0. The molecule has 1 aliphatic rings. The molecule has 0 N–H and O–H groups in total. The average molecular weight is 327 g/mol. The van der Waals surface area contributed by atoms with Gasteiger partial charge in [0.25, 0.3) is 0 Å². The van der Waals surface area contributed by atoms with Crippen molar-refractivity contribution in [3.8, 4) is 22.9 Å². The molecule has 1 heterocycles. The Morgan fingerprint density at radius 2 is 1.87 bits per heavy atom. The lowest BCUT2D eigenvalue weighted by atomic mass is 9.85. The molecule has 1 aliphatic carbocycles. The van der Waals surface area contributed by atoms with Crippen molar-refractivity contribution in [3.63, 3.8) is 0 Å². The topological polar surface area (TPSA) is 45.9 Å². The van der Waals surface area contributed by atoms with Gasteiger partial charge in [-0.15, -0.1) is 0 Å². The molecule has 0 radical (unpaired) electrons. The summed E-state index contributed by atoms with van der Waals surface area (Å²) >= 11 is 6.30. The van der Waals surface area contributed by atoms with Crippen LogP contribution in [-0.2, 0) is 0 Å². The van der Waals surface area contributed by atoms with Gasteiger partial charge in [0.1, 0.15) is 17.0 Å². The van der Waals surface area contributed by atoms with Crippen LogP contribution in [0.15, 0.2) is 30.3 Å². The second-order valence-corrected chi connectivity index (χ2v) is 6.29. The number of hydrogen-bond donors (Lipinski definition) is 0. The molecule has 118 valence electrons. The zero-order valence-corrected chi connectivity index (χ0v) is 13.9. The second kappa shape index (κ2) is 7.02. The maximum Gasteiger partial charge on any atom is 0.147 e. The zero-order valence-electron chi connectivity index (χ0n) is 13.2. The van der Waals surface area contributed by atoms with Crippen LogP contribution in [0.2, 0.25) is 5.15 Å². The molecule has 0 aliphatic heterocycles. The number of halogens is 1. The Kier molecular flexibility index (Phi) is 4.83. The number of nitriles is 1. The Bertz CT molecular complexity index is 728. The summed E-state index contributed by atoms with van der Waals surface area (Å²) in [5.74, 6) is 1.24. The smallest absolute Gasteiger partial charge is 0.147 e. The molecule has 0 spiro atoms. The normalized spacial score (nSPS) is 15.2. The van der Waals surface area contributed by atoms with Crippen molar-refractivity contribution in [2.45, 2.75) is 38.0 Å². The van der Waals surface area contributed by atoms with E-state index in [0.717, 1.165) is 35.4 Å². The predicted octanol–water partition coefficient (Wildman–Crippen LogP) is 5.33. The van der Waals surface area contributed by atoms with Crippen molar-refractivity contribution in [2.24, 2.45) is 0 Å². The molecule has 1 aromatic heterocycles. The Balaban J connectivity index is 2.05. The summed E-state index contributed by atoms with van der Waals surface area (Å²) < 4.78 is 5.20. The van der Waals surface area contributed by atoms with Crippen LogP contribution < -0.4 is 4.74 Å². The molecule has 0 atom stereocenters. The summed E-state index contributed by atoms with van der Waals surface area (Å²) in [6, 6.07) is 11.9. The molecule has 0 unspecified atom stereocenters. The summed E-state index contributed by atoms with van der Waals surface area (Å²) in [4.78, 5) is 4.51. The van der Waals surface area contributed by atoms with Crippen molar-refractivity contribution in [3.05, 3.63) is 46.7 Å². The Morgan fingerprint density at radius 1 is 1.17 bits per heavy atom. The van der Waals surface area contributed by atoms with Crippen LogP contribution in [0.1, 0.15) is 49.3 Å². The van der Waals surface area contributed by atoms with Crippen molar-refractivity contribution >= 4 is 11.6 Å². The van der Waals surface area contributed by atoms with Crippen LogP contribution in [0, 0.1) is 11.3 Å². The van der Waals surface area contributed by atoms with Crippen LogP contribution in [0.4, 0.5) is 0 Å². The fourth-order valence-corrected chi connectivity index (χ4v) is 3.49. The largest absolute Gasteiger partial charge is 0.497 e. The standard InChI is InChI=1S/C19H19ClN2O/c1-23-15-9-7-13(8-10-15)16-11-18(14-5-3-2-4-6-14)22-19(20)17(16)12-21/h7-11,14H,2-6H2,1H3. The first-order valence-electron chi connectivity index (χ1n) is 7.98. The van der Waals surface area contributed by atoms with E-state index in [1.54, 1.807) is 7.11 Å². The number of aromatic nitrogens is 1. The van der Waals surface area contributed by atoms with Gasteiger partial charge < -0.3 is 4.74 Å². The Morgan fingerprint density at radius 3 is 2.48 bits per heavy atom. The fourth-order valence-electron chi connectivity index (χ4n) is 3.24. The molecule has 1 aromatic carbocycles. The molecule has 23 heavy (non-hydrogen) atoms. The molecule has 1 fully saturated rings. The summed E-state index contributed by atoms with van der Waals surface area (Å²) in [5, 5.41) is 9.77. The highest BCUT2D eigenvalue weighted by Crippen LogP contribution is 2.36. The van der Waals surface area contributed by atoms with Gasteiger partial charge in [-0.2, -0.15) is 5.26 Å². The monoisotopic (exact) mass is 326 g/mol. The van der Waals surface area contributed by atoms with Gasteiger partial charge in [0, 0.05) is 17.2 Å². The number of benzene rings is 1. The second-order valence-electron chi connectivity index (χ2n) is 5.94. The number of hydrogen-bond acceptors (Lipinski definition) is 3. The zero-order chi connectivity index (χ0) is 16.2. The van der Waals surface area contributed by atoms with Crippen molar-refractivity contribution < 1.29 is 4.74 Å². The third-order valence-electron chi connectivity index (χ3n) is 4.53. The van der Waals surface area contributed by atoms with E-state index in [4.69, 9.17) is 16.3 Å². The first-order valence-corrected chi connectivity index (χ1v) is 8.35. The number of ether oxygens (including phenoxy) is 1. The van der Waals surface area contributed by atoms with Crippen LogP contribution in [-0.4, -0.2) is 12.1 Å². The molecule has 0 amide bonds. The van der Waals surface area contributed by atoms with Crippen molar-refractivity contribution in [1.82, 2.24) is 4.98 Å². The van der Waals surface area contributed by atoms with Crippen molar-refractivity contribution in [2.75, 3.05) is 7.11 Å². The first-order chi connectivity index (χ1) is 11.2. The van der Waals surface area contributed by atoms with Gasteiger partial charge in [-0.3, -0.25) is 0 Å². The highest BCUT2D eigenvalue weighted by atomic mass is 35.5. The van der Waals surface area contributed by atoms with E-state index in [2.05, 4.69) is 11.1 Å². The van der Waals surface area contributed by atoms with Gasteiger partial charge in [-0.25, -0.2) is 4.98 Å². The Labute approximate surface area is 141 Å². The molecule has 0 saturated heterocycles. The minimum Gasteiger partial charge on any atom is -0.497 e. The minimum absolute atomic E-state index is 0.307. The molecule has 3 rings (SSSR count). The van der Waals surface area contributed by atoms with Crippen molar-refractivity contribution in [1.29, 1.82) is 5.26 Å². The van der Waals surface area contributed by atoms with Gasteiger partial charge in [-0.1, -0.05) is 43.0 Å². The number of nitrogens with zero attached hydrogens (tertiary/aromatic N) is 2. The molecule has 0 bridgehead atoms. The van der Waals surface area contributed by atoms with Crippen LogP contribution in [0.5, 0.6) is 5.75 Å². The van der Waals surface area contributed by atoms with E-state index >= 15 is 0 Å². The van der Waals surface area contributed by atoms with Gasteiger partial charge in [0.2, 0.25) is 0 Å². The van der Waals surface area contributed by atoms with E-state index in [0.29, 0.717) is 16.6 Å². The van der Waals surface area contributed by atoms with Gasteiger partial charge >= 0.3 is 0 Å². The minimum atomic E-state index is 0.307. The fraction of sp³-hybridized carbons (Fsp3) is 0.368. The molecule has 1 saturated carbocycles. The molecular formula is C19H19ClN2O. The quantitative estimate of drug-likeness (QED) is 0.716. The third kappa shape index (κ3) is 3.33. The van der Waals surface area contributed by atoms with Crippen LogP contribution in [0.3, 0.4) is 0 Å². The highest BCUT2D eigenvalue weighted by molar-refractivity contribution is 6.31. The average Bonchev–Trinajstić information content (AvgIpc) is 2.62. The highest BCUT2D eigenvalue weighted by Gasteiger charge is 2.20.